The average molecular weight is 422 g/mol. The first kappa shape index (κ1) is 18.7. The fraction of sp³-hybridized carbons (Fsp3) is 0.154. The second kappa shape index (κ2) is 7.27. The van der Waals surface area contributed by atoms with Crippen LogP contribution in [0.15, 0.2) is 77.9 Å². The molecular formula is C26H22N4O2. The predicted molar refractivity (Wildman–Crippen MR) is 126 cm³/mol. The highest BCUT2D eigenvalue weighted by molar-refractivity contribution is 6.14. The summed E-state index contributed by atoms with van der Waals surface area (Å²) < 4.78 is 11.3. The number of hydrazone groups is 1. The predicted octanol–water partition coefficient (Wildman–Crippen LogP) is 4.75. The molecule has 2 N–H and O–H groups in total. The van der Waals surface area contributed by atoms with Crippen LogP contribution in [0.3, 0.4) is 0 Å². The Balaban J connectivity index is 1.54. The molecule has 6 rings (SSSR count). The summed E-state index contributed by atoms with van der Waals surface area (Å²) in [7, 11) is 0. The first-order valence-electron chi connectivity index (χ1n) is 10.7. The molecule has 0 aliphatic carbocycles. The molecule has 2 aliphatic rings. The Labute approximate surface area is 185 Å². The Hall–Kier alpha value is -4.06. The standard InChI is InChI=1S/C26H22N4O2/c1-16-12-19-13-23-24(32-15-31-23)14-21(19)26(18-6-9-20(27)10-7-18)29-30(16)25-11-8-17-4-2-3-5-22(17)28-25/h2-11,13-14,16H,12,15,27H2,1H3/t16-/m1/s1. The van der Waals surface area contributed by atoms with Crippen LogP contribution in [-0.4, -0.2) is 23.5 Å². The van der Waals surface area contributed by atoms with E-state index < -0.39 is 0 Å². The molecular weight excluding hydrogens is 400 g/mol. The molecule has 158 valence electrons. The van der Waals surface area contributed by atoms with Crippen molar-refractivity contribution in [2.45, 2.75) is 19.4 Å². The van der Waals surface area contributed by atoms with E-state index in [-0.39, 0.29) is 12.8 Å². The molecule has 0 saturated heterocycles. The van der Waals surface area contributed by atoms with Crippen molar-refractivity contribution in [3.8, 4) is 11.5 Å². The Morgan fingerprint density at radius 3 is 2.56 bits per heavy atom. The number of nitrogens with zero attached hydrogens (tertiary/aromatic N) is 3. The quantitative estimate of drug-likeness (QED) is 0.472. The van der Waals surface area contributed by atoms with Gasteiger partial charge < -0.3 is 15.2 Å². The molecule has 1 atom stereocenters. The number of hydrogen-bond acceptors (Lipinski definition) is 6. The maximum Gasteiger partial charge on any atom is 0.231 e. The van der Waals surface area contributed by atoms with Crippen LogP contribution in [0.25, 0.3) is 10.9 Å². The molecule has 0 fully saturated rings. The van der Waals surface area contributed by atoms with E-state index >= 15 is 0 Å². The smallest absolute Gasteiger partial charge is 0.231 e. The van der Waals surface area contributed by atoms with Gasteiger partial charge in [0.1, 0.15) is 5.82 Å². The molecule has 4 aromatic rings. The Morgan fingerprint density at radius 1 is 0.938 bits per heavy atom. The summed E-state index contributed by atoms with van der Waals surface area (Å²) in [5.74, 6) is 2.35. The van der Waals surface area contributed by atoms with Gasteiger partial charge in [-0.3, -0.25) is 0 Å². The lowest BCUT2D eigenvalue weighted by molar-refractivity contribution is 0.174. The minimum atomic E-state index is 0.0917. The van der Waals surface area contributed by atoms with Gasteiger partial charge in [0.2, 0.25) is 6.79 Å². The van der Waals surface area contributed by atoms with Crippen molar-refractivity contribution >= 4 is 28.1 Å². The van der Waals surface area contributed by atoms with E-state index in [4.69, 9.17) is 25.3 Å². The fourth-order valence-corrected chi connectivity index (χ4v) is 4.35. The molecule has 6 heteroatoms. The molecule has 32 heavy (non-hydrogen) atoms. The zero-order valence-electron chi connectivity index (χ0n) is 17.7. The van der Waals surface area contributed by atoms with Gasteiger partial charge in [0.15, 0.2) is 11.5 Å². The third-order valence-corrected chi connectivity index (χ3v) is 6.00. The van der Waals surface area contributed by atoms with Crippen LogP contribution < -0.4 is 20.2 Å². The lowest BCUT2D eigenvalue weighted by atomic mass is 9.94. The number of aromatic nitrogens is 1. The summed E-state index contributed by atoms with van der Waals surface area (Å²) in [4.78, 5) is 4.91. The monoisotopic (exact) mass is 422 g/mol. The minimum absolute atomic E-state index is 0.0917. The number of para-hydroxylation sites is 1. The minimum Gasteiger partial charge on any atom is -0.454 e. The first-order chi connectivity index (χ1) is 15.7. The van der Waals surface area contributed by atoms with E-state index in [1.54, 1.807) is 0 Å². The summed E-state index contributed by atoms with van der Waals surface area (Å²) in [6, 6.07) is 24.3. The van der Waals surface area contributed by atoms with Crippen molar-refractivity contribution in [2.75, 3.05) is 17.5 Å². The van der Waals surface area contributed by atoms with Gasteiger partial charge in [0, 0.05) is 22.2 Å². The van der Waals surface area contributed by atoms with E-state index in [1.807, 2.05) is 59.6 Å². The van der Waals surface area contributed by atoms with Gasteiger partial charge in [-0.25, -0.2) is 9.99 Å². The molecule has 2 aliphatic heterocycles. The molecule has 0 saturated carbocycles. The van der Waals surface area contributed by atoms with Gasteiger partial charge in [-0.05, 0) is 61.4 Å². The molecule has 3 aromatic carbocycles. The lowest BCUT2D eigenvalue weighted by Crippen LogP contribution is -2.30. The van der Waals surface area contributed by atoms with Crippen molar-refractivity contribution in [1.82, 2.24) is 4.98 Å². The number of hydrogen-bond donors (Lipinski definition) is 1. The summed E-state index contributed by atoms with van der Waals surface area (Å²) in [6.45, 7) is 2.41. The summed E-state index contributed by atoms with van der Waals surface area (Å²) in [6.07, 6.45) is 0.794. The molecule has 0 amide bonds. The molecule has 0 unspecified atom stereocenters. The zero-order valence-corrected chi connectivity index (χ0v) is 17.7. The van der Waals surface area contributed by atoms with Gasteiger partial charge in [-0.15, -0.1) is 0 Å². The maximum absolute atomic E-state index is 5.95. The number of fused-ring (bicyclic) bond motifs is 3. The average Bonchev–Trinajstić information content (AvgIpc) is 3.21. The number of rotatable bonds is 2. The van der Waals surface area contributed by atoms with Gasteiger partial charge >= 0.3 is 0 Å². The summed E-state index contributed by atoms with van der Waals surface area (Å²) in [5, 5.41) is 8.28. The van der Waals surface area contributed by atoms with Crippen molar-refractivity contribution in [1.29, 1.82) is 0 Å². The van der Waals surface area contributed by atoms with Crippen LogP contribution >= 0.6 is 0 Å². The van der Waals surface area contributed by atoms with E-state index in [0.29, 0.717) is 0 Å². The number of nitrogens with two attached hydrogens (primary N) is 1. The normalized spacial score (nSPS) is 17.1. The molecule has 0 radical (unpaired) electrons. The number of anilines is 2. The number of nitrogen functional groups attached to an aromatic ring is 1. The highest BCUT2D eigenvalue weighted by Crippen LogP contribution is 2.38. The van der Waals surface area contributed by atoms with Gasteiger partial charge in [-0.1, -0.05) is 30.3 Å². The van der Waals surface area contributed by atoms with Crippen molar-refractivity contribution in [3.05, 3.63) is 89.5 Å². The summed E-state index contributed by atoms with van der Waals surface area (Å²) in [5.41, 5.74) is 11.7. The Kier molecular flexibility index (Phi) is 4.24. The molecule has 3 heterocycles. The highest BCUT2D eigenvalue weighted by Gasteiger charge is 2.28. The van der Waals surface area contributed by atoms with E-state index in [1.165, 1.54) is 5.56 Å². The van der Waals surface area contributed by atoms with Gasteiger partial charge in [-0.2, -0.15) is 5.10 Å². The van der Waals surface area contributed by atoms with Gasteiger partial charge in [0.25, 0.3) is 0 Å². The summed E-state index contributed by atoms with van der Waals surface area (Å²) >= 11 is 0. The lowest BCUT2D eigenvalue weighted by Gasteiger charge is -2.24. The fourth-order valence-electron chi connectivity index (χ4n) is 4.35. The number of benzene rings is 3. The second-order valence-corrected chi connectivity index (χ2v) is 8.19. The topological polar surface area (TPSA) is 73.0 Å². The number of ether oxygens (including phenoxy) is 2. The van der Waals surface area contributed by atoms with Gasteiger partial charge in [0.05, 0.1) is 17.3 Å². The van der Waals surface area contributed by atoms with Crippen LogP contribution in [0.2, 0.25) is 0 Å². The van der Waals surface area contributed by atoms with Crippen molar-refractivity contribution in [2.24, 2.45) is 5.10 Å². The molecule has 0 bridgehead atoms. The van der Waals surface area contributed by atoms with Crippen LogP contribution in [-0.2, 0) is 6.42 Å². The molecule has 6 nitrogen and oxygen atoms in total. The largest absolute Gasteiger partial charge is 0.454 e. The van der Waals surface area contributed by atoms with Crippen LogP contribution in [0, 0.1) is 0 Å². The van der Waals surface area contributed by atoms with Crippen LogP contribution in [0.1, 0.15) is 23.6 Å². The first-order valence-corrected chi connectivity index (χ1v) is 10.7. The van der Waals surface area contributed by atoms with Crippen molar-refractivity contribution < 1.29 is 9.47 Å². The Morgan fingerprint density at radius 2 is 1.72 bits per heavy atom. The van der Waals surface area contributed by atoms with Crippen LogP contribution in [0.4, 0.5) is 11.5 Å². The third kappa shape index (κ3) is 3.12. The third-order valence-electron chi connectivity index (χ3n) is 6.00. The highest BCUT2D eigenvalue weighted by atomic mass is 16.7. The van der Waals surface area contributed by atoms with Crippen LogP contribution in [0.5, 0.6) is 11.5 Å². The van der Waals surface area contributed by atoms with E-state index in [0.717, 1.165) is 57.2 Å². The molecule has 1 aromatic heterocycles. The van der Waals surface area contributed by atoms with E-state index in [2.05, 4.69) is 25.1 Å². The molecule has 0 spiro atoms. The van der Waals surface area contributed by atoms with Crippen molar-refractivity contribution in [3.63, 3.8) is 0 Å². The van der Waals surface area contributed by atoms with E-state index in [9.17, 15) is 0 Å². The SMILES string of the molecule is C[C@@H]1Cc2cc3c(cc2C(c2ccc(N)cc2)=NN1c1ccc2ccccc2n1)OCO3. The maximum atomic E-state index is 5.95. The second-order valence-electron chi connectivity index (χ2n) is 8.19. The Bertz CT molecular complexity index is 1360. The zero-order chi connectivity index (χ0) is 21.7. The number of pyridine rings is 1.